The van der Waals surface area contributed by atoms with Crippen LogP contribution < -0.4 is 9.47 Å². The molecule has 5 nitrogen and oxygen atoms in total. The Balaban J connectivity index is 2.33. The molecule has 0 heterocycles. The van der Waals surface area contributed by atoms with Crippen LogP contribution in [0.3, 0.4) is 0 Å². The molecule has 2 aromatic rings. The van der Waals surface area contributed by atoms with Crippen molar-refractivity contribution in [2.45, 2.75) is 31.5 Å². The van der Waals surface area contributed by atoms with Gasteiger partial charge in [-0.3, -0.25) is 0 Å². The number of aliphatic hydroxyl groups excluding tert-OH is 1. The largest absolute Gasteiger partial charge is 0.507 e. The molecular formula is C17H20O5. The zero-order chi connectivity index (χ0) is 16.1. The number of fused-ring (bicyclic) bond motifs is 2. The predicted octanol–water partition coefficient (Wildman–Crippen LogP) is 2.29. The summed E-state index contributed by atoms with van der Waals surface area (Å²) >= 11 is 0. The van der Waals surface area contributed by atoms with E-state index in [1.165, 1.54) is 7.11 Å². The summed E-state index contributed by atoms with van der Waals surface area (Å²) in [5.41, 5.74) is 0.224. The SMILES string of the molecule is COc1cc(OC)c2c(O)c3c(cc2c1)C[C@](C)(O)C[C@@H]3O. The number of phenols is 1. The topological polar surface area (TPSA) is 79.2 Å². The fourth-order valence-corrected chi connectivity index (χ4v) is 3.33. The van der Waals surface area contributed by atoms with Crippen molar-refractivity contribution in [1.29, 1.82) is 0 Å². The third-order valence-electron chi connectivity index (χ3n) is 4.27. The lowest BCUT2D eigenvalue weighted by Crippen LogP contribution is -2.34. The molecule has 0 fully saturated rings. The second-order valence-electron chi connectivity index (χ2n) is 6.12. The van der Waals surface area contributed by atoms with Crippen molar-refractivity contribution in [3.63, 3.8) is 0 Å². The van der Waals surface area contributed by atoms with E-state index in [1.54, 1.807) is 26.2 Å². The van der Waals surface area contributed by atoms with E-state index in [4.69, 9.17) is 9.47 Å². The number of aromatic hydroxyl groups is 1. The fraction of sp³-hybridized carbons (Fsp3) is 0.412. The van der Waals surface area contributed by atoms with Crippen molar-refractivity contribution in [2.75, 3.05) is 14.2 Å². The molecule has 2 atom stereocenters. The van der Waals surface area contributed by atoms with Gasteiger partial charge in [0.2, 0.25) is 0 Å². The van der Waals surface area contributed by atoms with Gasteiger partial charge in [0.25, 0.3) is 0 Å². The minimum atomic E-state index is -0.991. The molecule has 0 aliphatic heterocycles. The van der Waals surface area contributed by atoms with Crippen LogP contribution in [0.2, 0.25) is 0 Å². The highest BCUT2D eigenvalue weighted by molar-refractivity contribution is 5.96. The molecule has 1 aliphatic carbocycles. The molecule has 1 aliphatic rings. The normalized spacial score (nSPS) is 24.1. The highest BCUT2D eigenvalue weighted by atomic mass is 16.5. The van der Waals surface area contributed by atoms with Gasteiger partial charge < -0.3 is 24.8 Å². The summed E-state index contributed by atoms with van der Waals surface area (Å²) in [5, 5.41) is 32.5. The lowest BCUT2D eigenvalue weighted by atomic mass is 9.78. The summed E-state index contributed by atoms with van der Waals surface area (Å²) in [6.45, 7) is 1.69. The molecule has 0 amide bonds. The van der Waals surface area contributed by atoms with E-state index >= 15 is 0 Å². The van der Waals surface area contributed by atoms with Crippen molar-refractivity contribution in [2.24, 2.45) is 0 Å². The second-order valence-corrected chi connectivity index (χ2v) is 6.12. The van der Waals surface area contributed by atoms with Crippen LogP contribution in [0.5, 0.6) is 17.2 Å². The number of rotatable bonds is 2. The number of phenolic OH excluding ortho intramolecular Hbond substituents is 1. The number of benzene rings is 2. The quantitative estimate of drug-likeness (QED) is 0.793. The third-order valence-corrected chi connectivity index (χ3v) is 4.27. The molecule has 0 spiro atoms. The number of methoxy groups -OCH3 is 2. The van der Waals surface area contributed by atoms with Crippen LogP contribution in [-0.4, -0.2) is 35.1 Å². The Labute approximate surface area is 128 Å². The molecule has 2 aromatic carbocycles. The average Bonchev–Trinajstić information content (AvgIpc) is 2.43. The second kappa shape index (κ2) is 5.04. The molecule has 3 N–H and O–H groups in total. The van der Waals surface area contributed by atoms with Gasteiger partial charge in [0, 0.05) is 24.5 Å². The maximum absolute atomic E-state index is 10.6. The van der Waals surface area contributed by atoms with Gasteiger partial charge in [-0.05, 0) is 23.9 Å². The number of ether oxygens (including phenoxy) is 2. The molecule has 0 saturated carbocycles. The highest BCUT2D eigenvalue weighted by Gasteiger charge is 2.35. The van der Waals surface area contributed by atoms with E-state index in [-0.39, 0.29) is 12.2 Å². The Kier molecular flexibility index (Phi) is 3.42. The third kappa shape index (κ3) is 2.26. The van der Waals surface area contributed by atoms with Crippen LogP contribution in [0.25, 0.3) is 10.8 Å². The molecule has 118 valence electrons. The lowest BCUT2D eigenvalue weighted by Gasteiger charge is -2.34. The van der Waals surface area contributed by atoms with Crippen molar-refractivity contribution in [3.05, 3.63) is 29.3 Å². The molecule has 22 heavy (non-hydrogen) atoms. The summed E-state index contributed by atoms with van der Waals surface area (Å²) in [6.07, 6.45) is -0.338. The molecule has 5 heteroatoms. The molecule has 0 saturated heterocycles. The zero-order valence-electron chi connectivity index (χ0n) is 12.9. The highest BCUT2D eigenvalue weighted by Crippen LogP contribution is 2.47. The van der Waals surface area contributed by atoms with Crippen LogP contribution >= 0.6 is 0 Å². The van der Waals surface area contributed by atoms with Gasteiger partial charge in [0.05, 0.1) is 31.3 Å². The van der Waals surface area contributed by atoms with Gasteiger partial charge in [-0.2, -0.15) is 0 Å². The monoisotopic (exact) mass is 304 g/mol. The molecule has 0 bridgehead atoms. The van der Waals surface area contributed by atoms with E-state index in [1.807, 2.05) is 6.07 Å². The molecule has 0 radical (unpaired) electrons. The van der Waals surface area contributed by atoms with E-state index in [0.717, 1.165) is 10.9 Å². The first kappa shape index (κ1) is 14.9. The summed E-state index contributed by atoms with van der Waals surface area (Å²) < 4.78 is 10.6. The first-order chi connectivity index (χ1) is 10.4. The predicted molar refractivity (Wildman–Crippen MR) is 82.6 cm³/mol. The van der Waals surface area contributed by atoms with E-state index in [0.29, 0.717) is 28.9 Å². The maximum atomic E-state index is 10.6. The van der Waals surface area contributed by atoms with Crippen molar-refractivity contribution < 1.29 is 24.8 Å². The van der Waals surface area contributed by atoms with Gasteiger partial charge in [-0.1, -0.05) is 6.07 Å². The van der Waals surface area contributed by atoms with Crippen LogP contribution in [0, 0.1) is 0 Å². The van der Waals surface area contributed by atoms with Crippen LogP contribution in [0.1, 0.15) is 30.6 Å². The van der Waals surface area contributed by atoms with Gasteiger partial charge in [0.1, 0.15) is 17.2 Å². The van der Waals surface area contributed by atoms with Crippen molar-refractivity contribution in [3.8, 4) is 17.2 Å². The fourth-order valence-electron chi connectivity index (χ4n) is 3.33. The summed E-state index contributed by atoms with van der Waals surface area (Å²) in [7, 11) is 3.09. The smallest absolute Gasteiger partial charge is 0.134 e. The first-order valence-corrected chi connectivity index (χ1v) is 7.17. The molecule has 0 aromatic heterocycles. The van der Waals surface area contributed by atoms with E-state index < -0.39 is 11.7 Å². The van der Waals surface area contributed by atoms with E-state index in [2.05, 4.69) is 0 Å². The summed E-state index contributed by atoms with van der Waals surface area (Å²) in [5.74, 6) is 1.11. The zero-order valence-corrected chi connectivity index (χ0v) is 12.9. The van der Waals surface area contributed by atoms with Crippen molar-refractivity contribution >= 4 is 10.8 Å². The lowest BCUT2D eigenvalue weighted by molar-refractivity contribution is -0.00811. The Morgan fingerprint density at radius 1 is 1.18 bits per heavy atom. The minimum Gasteiger partial charge on any atom is -0.507 e. The van der Waals surface area contributed by atoms with Gasteiger partial charge >= 0.3 is 0 Å². The van der Waals surface area contributed by atoms with E-state index in [9.17, 15) is 15.3 Å². The number of hydrogen-bond donors (Lipinski definition) is 3. The first-order valence-electron chi connectivity index (χ1n) is 7.17. The molecular weight excluding hydrogens is 284 g/mol. The Morgan fingerprint density at radius 3 is 2.55 bits per heavy atom. The maximum Gasteiger partial charge on any atom is 0.134 e. The van der Waals surface area contributed by atoms with Crippen LogP contribution in [-0.2, 0) is 6.42 Å². The Morgan fingerprint density at radius 2 is 1.91 bits per heavy atom. The standard InChI is InChI=1S/C17H20O5/c1-17(20)7-10-4-9-5-11(21-2)6-13(22-3)15(9)16(19)14(10)12(18)8-17/h4-6,12,18-20H,7-8H2,1-3H3/t12-,17-/m0/s1. The van der Waals surface area contributed by atoms with Crippen molar-refractivity contribution in [1.82, 2.24) is 0 Å². The van der Waals surface area contributed by atoms with Gasteiger partial charge in [0.15, 0.2) is 0 Å². The van der Waals surface area contributed by atoms with Gasteiger partial charge in [-0.25, -0.2) is 0 Å². The minimum absolute atomic E-state index is 0.00926. The molecule has 3 rings (SSSR count). The summed E-state index contributed by atoms with van der Waals surface area (Å²) in [4.78, 5) is 0. The van der Waals surface area contributed by atoms with Gasteiger partial charge in [-0.15, -0.1) is 0 Å². The Hall–Kier alpha value is -1.98. The van der Waals surface area contributed by atoms with Crippen LogP contribution in [0.4, 0.5) is 0 Å². The Bertz CT molecular complexity index is 736. The number of hydrogen-bond acceptors (Lipinski definition) is 5. The summed E-state index contributed by atoms with van der Waals surface area (Å²) in [6, 6.07) is 5.36. The number of aliphatic hydroxyl groups is 2. The average molecular weight is 304 g/mol. The molecule has 0 unspecified atom stereocenters. The van der Waals surface area contributed by atoms with Crippen LogP contribution in [0.15, 0.2) is 18.2 Å².